The van der Waals surface area contributed by atoms with Gasteiger partial charge in [0.15, 0.2) is 0 Å². The van der Waals surface area contributed by atoms with Gasteiger partial charge in [-0.3, -0.25) is 9.59 Å². The van der Waals surface area contributed by atoms with Gasteiger partial charge in [0.1, 0.15) is 24.7 Å². The zero-order valence-electron chi connectivity index (χ0n) is 22.6. The molecule has 1 rings (SSSR count). The summed E-state index contributed by atoms with van der Waals surface area (Å²) in [6.45, 7) is 11.7. The summed E-state index contributed by atoms with van der Waals surface area (Å²) in [6.07, 6.45) is 0.415. The molecule has 36 heavy (non-hydrogen) atoms. The van der Waals surface area contributed by atoms with Crippen LogP contribution in [0.1, 0.15) is 66.4 Å². The SMILES string of the molecule is COC(=O)[C@H](CC(C)C)NC(=O)[C@H](CC(C)C)NC(=O)[C@H](CC(C)C)NC(=O)OCc1ccccc1. The Morgan fingerprint density at radius 1 is 0.694 bits per heavy atom. The fraction of sp³-hybridized carbons (Fsp3) is 0.630. The fourth-order valence-corrected chi connectivity index (χ4v) is 3.69. The van der Waals surface area contributed by atoms with E-state index < -0.39 is 42.0 Å². The van der Waals surface area contributed by atoms with Crippen molar-refractivity contribution >= 4 is 23.9 Å². The highest BCUT2D eigenvalue weighted by Crippen LogP contribution is 2.12. The van der Waals surface area contributed by atoms with Gasteiger partial charge in [0.25, 0.3) is 0 Å². The Kier molecular flexibility index (Phi) is 13.6. The molecule has 1 aromatic rings. The maximum Gasteiger partial charge on any atom is 0.408 e. The first-order valence-corrected chi connectivity index (χ1v) is 12.6. The monoisotopic (exact) mass is 505 g/mol. The Morgan fingerprint density at radius 2 is 1.14 bits per heavy atom. The van der Waals surface area contributed by atoms with Crippen LogP contribution in [0.5, 0.6) is 0 Å². The van der Waals surface area contributed by atoms with Crippen molar-refractivity contribution in [3.63, 3.8) is 0 Å². The van der Waals surface area contributed by atoms with Gasteiger partial charge < -0.3 is 25.4 Å². The number of amides is 3. The molecular formula is C27H43N3O6. The zero-order chi connectivity index (χ0) is 27.3. The number of hydrogen-bond donors (Lipinski definition) is 3. The third kappa shape index (κ3) is 12.0. The van der Waals surface area contributed by atoms with E-state index in [1.54, 1.807) is 0 Å². The molecule has 3 atom stereocenters. The van der Waals surface area contributed by atoms with Crippen LogP contribution in [-0.4, -0.2) is 49.1 Å². The number of nitrogens with one attached hydrogen (secondary N) is 3. The highest BCUT2D eigenvalue weighted by molar-refractivity contribution is 5.93. The highest BCUT2D eigenvalue weighted by atomic mass is 16.5. The number of hydrogen-bond acceptors (Lipinski definition) is 6. The van der Waals surface area contributed by atoms with Gasteiger partial charge in [-0.05, 0) is 42.6 Å². The number of ether oxygens (including phenoxy) is 2. The van der Waals surface area contributed by atoms with Gasteiger partial charge in [-0.1, -0.05) is 71.9 Å². The van der Waals surface area contributed by atoms with Gasteiger partial charge in [0.05, 0.1) is 7.11 Å². The van der Waals surface area contributed by atoms with Crippen molar-refractivity contribution < 1.29 is 28.7 Å². The highest BCUT2D eigenvalue weighted by Gasteiger charge is 2.31. The molecule has 0 aliphatic rings. The molecular weight excluding hydrogens is 462 g/mol. The minimum Gasteiger partial charge on any atom is -0.467 e. The van der Waals surface area contributed by atoms with Gasteiger partial charge in [0, 0.05) is 0 Å². The van der Waals surface area contributed by atoms with Gasteiger partial charge in [-0.15, -0.1) is 0 Å². The molecule has 202 valence electrons. The van der Waals surface area contributed by atoms with Crippen molar-refractivity contribution in [3.05, 3.63) is 35.9 Å². The molecule has 0 saturated heterocycles. The third-order valence-corrected chi connectivity index (χ3v) is 5.38. The van der Waals surface area contributed by atoms with Gasteiger partial charge in [-0.25, -0.2) is 9.59 Å². The Morgan fingerprint density at radius 3 is 1.61 bits per heavy atom. The molecule has 0 heterocycles. The van der Waals surface area contributed by atoms with Crippen LogP contribution in [0.25, 0.3) is 0 Å². The standard InChI is InChI=1S/C27H43N3O6/c1-17(2)13-21(24(31)29-23(15-19(5)6)26(33)35-7)28-25(32)22(14-18(3)4)30-27(34)36-16-20-11-9-8-10-12-20/h8-12,17-19,21-23H,13-16H2,1-7H3,(H,28,32)(H,29,31)(H,30,34)/t21-,22-,23-/m0/s1. The van der Waals surface area contributed by atoms with E-state index in [9.17, 15) is 19.2 Å². The molecule has 9 heteroatoms. The van der Waals surface area contributed by atoms with Crippen LogP contribution in [0.4, 0.5) is 4.79 Å². The quantitative estimate of drug-likeness (QED) is 0.332. The molecule has 0 fully saturated rings. The van der Waals surface area contributed by atoms with Crippen LogP contribution < -0.4 is 16.0 Å². The molecule has 3 amide bonds. The summed E-state index contributed by atoms with van der Waals surface area (Å²) >= 11 is 0. The van der Waals surface area contributed by atoms with Crippen molar-refractivity contribution in [3.8, 4) is 0 Å². The maximum absolute atomic E-state index is 13.2. The van der Waals surface area contributed by atoms with Gasteiger partial charge in [-0.2, -0.15) is 0 Å². The molecule has 0 aliphatic carbocycles. The van der Waals surface area contributed by atoms with E-state index in [-0.39, 0.29) is 24.4 Å². The topological polar surface area (TPSA) is 123 Å². The largest absolute Gasteiger partial charge is 0.467 e. The molecule has 0 spiro atoms. The molecule has 0 unspecified atom stereocenters. The number of rotatable bonds is 14. The van der Waals surface area contributed by atoms with E-state index in [0.717, 1.165) is 5.56 Å². The molecule has 0 radical (unpaired) electrons. The van der Waals surface area contributed by atoms with E-state index in [1.807, 2.05) is 71.9 Å². The first-order chi connectivity index (χ1) is 16.9. The molecule has 1 aromatic carbocycles. The molecule has 9 nitrogen and oxygen atoms in total. The predicted molar refractivity (Wildman–Crippen MR) is 138 cm³/mol. The van der Waals surface area contributed by atoms with E-state index in [4.69, 9.17) is 9.47 Å². The average molecular weight is 506 g/mol. The van der Waals surface area contributed by atoms with Crippen LogP contribution in [-0.2, 0) is 30.5 Å². The van der Waals surface area contributed by atoms with Crippen molar-refractivity contribution in [1.29, 1.82) is 0 Å². The van der Waals surface area contributed by atoms with Crippen molar-refractivity contribution in [2.45, 2.75) is 85.5 Å². The molecule has 0 saturated carbocycles. The Balaban J connectivity index is 2.91. The van der Waals surface area contributed by atoms with E-state index in [2.05, 4.69) is 16.0 Å². The number of carbonyl (C=O) groups excluding carboxylic acids is 4. The van der Waals surface area contributed by atoms with Crippen molar-refractivity contribution in [2.75, 3.05) is 7.11 Å². The summed E-state index contributed by atoms with van der Waals surface area (Å²) < 4.78 is 10.1. The number of benzene rings is 1. The van der Waals surface area contributed by atoms with Crippen LogP contribution in [0.2, 0.25) is 0 Å². The second-order valence-corrected chi connectivity index (χ2v) is 10.3. The Hall–Kier alpha value is -3.10. The fourth-order valence-electron chi connectivity index (χ4n) is 3.69. The number of esters is 1. The lowest BCUT2D eigenvalue weighted by Gasteiger charge is -2.26. The first-order valence-electron chi connectivity index (χ1n) is 12.6. The number of carbonyl (C=O) groups is 4. The minimum absolute atomic E-state index is 0.0752. The summed E-state index contributed by atoms with van der Waals surface area (Å²) in [5.74, 6) is -1.15. The Labute approximate surface area is 215 Å². The average Bonchev–Trinajstić information content (AvgIpc) is 2.80. The van der Waals surface area contributed by atoms with Crippen LogP contribution in [0, 0.1) is 17.8 Å². The second-order valence-electron chi connectivity index (χ2n) is 10.3. The lowest BCUT2D eigenvalue weighted by molar-refractivity contribution is -0.146. The van der Waals surface area contributed by atoms with E-state index in [1.165, 1.54) is 7.11 Å². The smallest absolute Gasteiger partial charge is 0.408 e. The summed E-state index contributed by atoms with van der Waals surface area (Å²) in [5, 5.41) is 8.13. The second kappa shape index (κ2) is 15.8. The van der Waals surface area contributed by atoms with Gasteiger partial charge >= 0.3 is 12.1 Å². The number of alkyl carbamates (subject to hydrolysis) is 1. The van der Waals surface area contributed by atoms with E-state index >= 15 is 0 Å². The summed E-state index contributed by atoms with van der Waals surface area (Å²) in [7, 11) is 1.27. The van der Waals surface area contributed by atoms with E-state index in [0.29, 0.717) is 19.3 Å². The lowest BCUT2D eigenvalue weighted by atomic mass is 9.99. The maximum atomic E-state index is 13.2. The van der Waals surface area contributed by atoms with Crippen LogP contribution in [0.3, 0.4) is 0 Å². The summed E-state index contributed by atoms with van der Waals surface area (Å²) in [4.78, 5) is 50.9. The summed E-state index contributed by atoms with van der Waals surface area (Å²) in [5.41, 5.74) is 0.827. The van der Waals surface area contributed by atoms with Gasteiger partial charge in [0.2, 0.25) is 11.8 Å². The molecule has 0 aromatic heterocycles. The summed E-state index contributed by atoms with van der Waals surface area (Å²) in [6, 6.07) is 6.65. The normalized spacial score (nSPS) is 13.6. The minimum atomic E-state index is -0.886. The number of methoxy groups -OCH3 is 1. The Bertz CT molecular complexity index is 841. The zero-order valence-corrected chi connectivity index (χ0v) is 22.6. The lowest BCUT2D eigenvalue weighted by Crippen LogP contribution is -2.56. The molecule has 3 N–H and O–H groups in total. The van der Waals surface area contributed by atoms with Crippen molar-refractivity contribution in [2.24, 2.45) is 17.8 Å². The molecule has 0 aliphatic heterocycles. The van der Waals surface area contributed by atoms with Crippen LogP contribution in [0.15, 0.2) is 30.3 Å². The predicted octanol–water partition coefficient (Wildman–Crippen LogP) is 3.56. The van der Waals surface area contributed by atoms with Crippen LogP contribution >= 0.6 is 0 Å². The first kappa shape index (κ1) is 30.9. The molecule has 0 bridgehead atoms. The third-order valence-electron chi connectivity index (χ3n) is 5.38. The van der Waals surface area contributed by atoms with Crippen molar-refractivity contribution in [1.82, 2.24) is 16.0 Å².